The molecule has 1 aliphatic heterocycles. The maximum absolute atomic E-state index is 10.4. The Morgan fingerprint density at radius 2 is 1.93 bits per heavy atom. The number of fused-ring (bicyclic) bond motifs is 1. The van der Waals surface area contributed by atoms with Gasteiger partial charge in [-0.15, -0.1) is 0 Å². The van der Waals surface area contributed by atoms with Gasteiger partial charge in [0.1, 0.15) is 5.60 Å². The summed E-state index contributed by atoms with van der Waals surface area (Å²) in [7, 11) is 3.12. The van der Waals surface area contributed by atoms with Gasteiger partial charge in [0, 0.05) is 6.07 Å². The summed E-state index contributed by atoms with van der Waals surface area (Å²) in [5, 5.41) is 10.4. The van der Waals surface area contributed by atoms with Crippen molar-refractivity contribution in [2.45, 2.75) is 58.5 Å². The first kappa shape index (κ1) is 19.7. The second-order valence-corrected chi connectivity index (χ2v) is 8.50. The molecule has 0 bridgehead atoms. The molecule has 1 heterocycles. The van der Waals surface area contributed by atoms with Gasteiger partial charge in [-0.05, 0) is 56.1 Å². The van der Waals surface area contributed by atoms with Crippen LogP contribution in [-0.2, 0) is 0 Å². The molecule has 2 aliphatic rings. The van der Waals surface area contributed by atoms with Gasteiger partial charge < -0.3 is 19.3 Å². The first-order valence-corrected chi connectivity index (χ1v) is 9.78. The molecule has 0 spiro atoms. The van der Waals surface area contributed by atoms with Gasteiger partial charge in [0.25, 0.3) is 0 Å². The van der Waals surface area contributed by atoms with E-state index in [1.165, 1.54) is 31.9 Å². The van der Waals surface area contributed by atoms with E-state index in [9.17, 15) is 5.11 Å². The summed E-state index contributed by atoms with van der Waals surface area (Å²) < 4.78 is 17.1. The molecule has 4 heteroatoms. The van der Waals surface area contributed by atoms with E-state index in [1.807, 2.05) is 12.2 Å². The van der Waals surface area contributed by atoms with Gasteiger partial charge in [-0.2, -0.15) is 0 Å². The van der Waals surface area contributed by atoms with Crippen molar-refractivity contribution in [2.24, 2.45) is 11.3 Å². The van der Waals surface area contributed by atoms with Crippen LogP contribution in [0.5, 0.6) is 23.0 Å². The van der Waals surface area contributed by atoms with E-state index in [0.29, 0.717) is 28.7 Å². The number of ether oxygens (including phenoxy) is 3. The van der Waals surface area contributed by atoms with Crippen molar-refractivity contribution in [1.29, 1.82) is 0 Å². The second kappa shape index (κ2) is 7.14. The van der Waals surface area contributed by atoms with Gasteiger partial charge >= 0.3 is 0 Å². The molecule has 0 aromatic heterocycles. The Kier molecular flexibility index (Phi) is 5.20. The standard InChI is InChI=1S/C23H32O4/c1-15-8-7-10-22(3,16(15)2)12-13-23(4)11-9-17-20(24)18(25-5)14-19(26-6)21(17)27-23/h9,11,14-15,24H,2,7-8,10,12-13H2,1,3-6H3/t15-,22-,23-/m1/s1. The highest BCUT2D eigenvalue weighted by molar-refractivity contribution is 5.74. The lowest BCUT2D eigenvalue weighted by molar-refractivity contribution is 0.0989. The number of phenolic OH excluding ortho intramolecular Hbond substituents is 1. The summed E-state index contributed by atoms with van der Waals surface area (Å²) in [5.41, 5.74) is 1.68. The molecule has 4 nitrogen and oxygen atoms in total. The topological polar surface area (TPSA) is 47.9 Å². The number of methoxy groups -OCH3 is 2. The molecule has 1 aromatic rings. The number of phenols is 1. The largest absolute Gasteiger partial charge is 0.504 e. The van der Waals surface area contributed by atoms with Gasteiger partial charge in [0.15, 0.2) is 23.0 Å². The van der Waals surface area contributed by atoms with Crippen LogP contribution in [0.1, 0.15) is 58.4 Å². The summed E-state index contributed by atoms with van der Waals surface area (Å²) >= 11 is 0. The summed E-state index contributed by atoms with van der Waals surface area (Å²) in [5.74, 6) is 2.18. The minimum absolute atomic E-state index is 0.0769. The first-order valence-electron chi connectivity index (χ1n) is 9.78. The average Bonchev–Trinajstić information content (AvgIpc) is 2.65. The third-order valence-electron chi connectivity index (χ3n) is 6.51. The van der Waals surface area contributed by atoms with Crippen molar-refractivity contribution in [3.63, 3.8) is 0 Å². The maximum Gasteiger partial charge on any atom is 0.173 e. The monoisotopic (exact) mass is 372 g/mol. The molecule has 0 amide bonds. The number of hydrogen-bond donors (Lipinski definition) is 1. The quantitative estimate of drug-likeness (QED) is 0.670. The zero-order chi connectivity index (χ0) is 19.8. The second-order valence-electron chi connectivity index (χ2n) is 8.50. The average molecular weight is 373 g/mol. The molecule has 1 aliphatic carbocycles. The summed E-state index contributed by atoms with van der Waals surface area (Å²) in [6.07, 6.45) is 9.54. The Bertz CT molecular complexity index is 766. The van der Waals surface area contributed by atoms with Crippen LogP contribution < -0.4 is 14.2 Å². The van der Waals surface area contributed by atoms with Crippen molar-refractivity contribution in [3.05, 3.63) is 29.9 Å². The van der Waals surface area contributed by atoms with Crippen LogP contribution in [0.2, 0.25) is 0 Å². The van der Waals surface area contributed by atoms with Crippen molar-refractivity contribution in [1.82, 2.24) is 0 Å². The van der Waals surface area contributed by atoms with Gasteiger partial charge in [0.05, 0.1) is 19.8 Å². The molecule has 0 unspecified atom stereocenters. The lowest BCUT2D eigenvalue weighted by Gasteiger charge is -2.42. The van der Waals surface area contributed by atoms with Crippen LogP contribution in [-0.4, -0.2) is 24.9 Å². The smallest absolute Gasteiger partial charge is 0.173 e. The zero-order valence-corrected chi connectivity index (χ0v) is 17.2. The molecule has 1 saturated carbocycles. The molecule has 1 aromatic carbocycles. The molecule has 1 fully saturated rings. The highest BCUT2D eigenvalue weighted by atomic mass is 16.5. The number of benzene rings is 1. The van der Waals surface area contributed by atoms with Crippen LogP contribution in [0.3, 0.4) is 0 Å². The SMILES string of the molecule is C=C1[C@H](C)CCC[C@]1(C)CC[C@@]1(C)C=Cc2c(O)c(OC)cc(OC)c2O1. The van der Waals surface area contributed by atoms with Crippen molar-refractivity contribution in [2.75, 3.05) is 14.2 Å². The normalized spacial score (nSPS) is 29.8. The third-order valence-corrected chi connectivity index (χ3v) is 6.51. The number of hydrogen-bond acceptors (Lipinski definition) is 4. The van der Waals surface area contributed by atoms with Crippen LogP contribution in [0.4, 0.5) is 0 Å². The van der Waals surface area contributed by atoms with E-state index in [-0.39, 0.29) is 11.2 Å². The minimum atomic E-state index is -0.453. The Morgan fingerprint density at radius 3 is 2.59 bits per heavy atom. The zero-order valence-electron chi connectivity index (χ0n) is 17.2. The van der Waals surface area contributed by atoms with E-state index < -0.39 is 5.60 Å². The number of allylic oxidation sites excluding steroid dienone is 1. The summed E-state index contributed by atoms with van der Waals surface area (Å²) in [4.78, 5) is 0. The molecule has 3 atom stereocenters. The van der Waals surface area contributed by atoms with Crippen LogP contribution >= 0.6 is 0 Å². The predicted molar refractivity (Wildman–Crippen MR) is 109 cm³/mol. The van der Waals surface area contributed by atoms with E-state index in [1.54, 1.807) is 13.2 Å². The van der Waals surface area contributed by atoms with Crippen molar-refractivity contribution < 1.29 is 19.3 Å². The molecule has 1 N–H and O–H groups in total. The van der Waals surface area contributed by atoms with E-state index in [4.69, 9.17) is 14.2 Å². The molecule has 0 saturated heterocycles. The van der Waals surface area contributed by atoms with Crippen molar-refractivity contribution >= 4 is 6.08 Å². The highest BCUT2D eigenvalue weighted by Gasteiger charge is 2.38. The third kappa shape index (κ3) is 3.54. The molecular formula is C23H32O4. The fourth-order valence-electron chi connectivity index (χ4n) is 4.39. The van der Waals surface area contributed by atoms with Crippen LogP contribution in [0.25, 0.3) is 6.08 Å². The molecule has 27 heavy (non-hydrogen) atoms. The van der Waals surface area contributed by atoms with Gasteiger partial charge in [-0.25, -0.2) is 0 Å². The molecule has 148 valence electrons. The lowest BCUT2D eigenvalue weighted by atomic mass is 9.65. The molecule has 0 radical (unpaired) electrons. The van der Waals surface area contributed by atoms with Crippen LogP contribution in [0.15, 0.2) is 24.3 Å². The first-order chi connectivity index (χ1) is 12.7. The maximum atomic E-state index is 10.4. The Hall–Kier alpha value is -2.10. The Balaban J connectivity index is 1.83. The molecule has 3 rings (SSSR count). The summed E-state index contributed by atoms with van der Waals surface area (Å²) in [6, 6.07) is 1.67. The van der Waals surface area contributed by atoms with Gasteiger partial charge in [-0.3, -0.25) is 0 Å². The van der Waals surface area contributed by atoms with E-state index in [0.717, 1.165) is 12.8 Å². The highest BCUT2D eigenvalue weighted by Crippen LogP contribution is 2.51. The fourth-order valence-corrected chi connectivity index (χ4v) is 4.39. The molecular weight excluding hydrogens is 340 g/mol. The van der Waals surface area contributed by atoms with Crippen molar-refractivity contribution in [3.8, 4) is 23.0 Å². The van der Waals surface area contributed by atoms with E-state index in [2.05, 4.69) is 27.4 Å². The Morgan fingerprint density at radius 1 is 1.22 bits per heavy atom. The van der Waals surface area contributed by atoms with Gasteiger partial charge in [0.2, 0.25) is 0 Å². The van der Waals surface area contributed by atoms with Crippen LogP contribution in [0, 0.1) is 11.3 Å². The number of rotatable bonds is 5. The van der Waals surface area contributed by atoms with Gasteiger partial charge in [-0.1, -0.05) is 32.4 Å². The minimum Gasteiger partial charge on any atom is -0.504 e. The number of aromatic hydroxyl groups is 1. The van der Waals surface area contributed by atoms with E-state index >= 15 is 0 Å². The predicted octanol–water partition coefficient (Wildman–Crippen LogP) is 5.74. The fraction of sp³-hybridized carbons (Fsp3) is 0.565. The lowest BCUT2D eigenvalue weighted by Crippen LogP contribution is -2.36. The Labute approximate surface area is 162 Å². The summed E-state index contributed by atoms with van der Waals surface area (Å²) in [6.45, 7) is 11.1.